The molecule has 3 aromatic rings. The van der Waals surface area contributed by atoms with Crippen molar-refractivity contribution in [3.8, 4) is 11.3 Å². The smallest absolute Gasteiger partial charge is 0.309 e. The molecule has 0 spiro atoms. The Morgan fingerprint density at radius 1 is 1.11 bits per heavy atom. The minimum atomic E-state index is -3.13. The van der Waals surface area contributed by atoms with Gasteiger partial charge in [-0.05, 0) is 39.2 Å². The number of amides is 1. The van der Waals surface area contributed by atoms with Gasteiger partial charge in [0.05, 0.1) is 52.4 Å². The first-order chi connectivity index (χ1) is 17.3. The van der Waals surface area contributed by atoms with Crippen molar-refractivity contribution in [2.45, 2.75) is 39.2 Å². The lowest BCUT2D eigenvalue weighted by Crippen LogP contribution is -2.40. The number of carbonyl (C=O) groups is 2. The lowest BCUT2D eigenvalue weighted by molar-refractivity contribution is -0.149. The lowest BCUT2D eigenvalue weighted by Gasteiger charge is -2.31. The van der Waals surface area contributed by atoms with Gasteiger partial charge < -0.3 is 9.64 Å². The van der Waals surface area contributed by atoms with E-state index < -0.39 is 9.84 Å². The Hall–Kier alpha value is -3.27. The van der Waals surface area contributed by atoms with E-state index in [0.29, 0.717) is 66.9 Å². The number of aromatic nitrogens is 3. The van der Waals surface area contributed by atoms with E-state index in [9.17, 15) is 18.0 Å². The maximum absolute atomic E-state index is 13.8. The van der Waals surface area contributed by atoms with Gasteiger partial charge in [0.2, 0.25) is 0 Å². The summed E-state index contributed by atoms with van der Waals surface area (Å²) in [5, 5.41) is 5.32. The molecule has 2 fully saturated rings. The lowest BCUT2D eigenvalue weighted by atomic mass is 9.96. The number of fused-ring (bicyclic) bond motifs is 1. The highest BCUT2D eigenvalue weighted by molar-refractivity contribution is 7.91. The number of carbonyl (C=O) groups excluding carboxylic acids is 2. The van der Waals surface area contributed by atoms with Crippen LogP contribution in [-0.2, 0) is 19.4 Å². The summed E-state index contributed by atoms with van der Waals surface area (Å²) in [5.74, 6) is -0.391. The quantitative estimate of drug-likeness (QED) is 0.485. The first-order valence-electron chi connectivity index (χ1n) is 12.4. The van der Waals surface area contributed by atoms with E-state index >= 15 is 0 Å². The molecule has 1 atom stereocenters. The maximum atomic E-state index is 13.8. The predicted octanol–water partition coefficient (Wildman–Crippen LogP) is 3.18. The zero-order valence-electron chi connectivity index (χ0n) is 20.5. The average molecular weight is 511 g/mol. The average Bonchev–Trinajstić information content (AvgIpc) is 3.42. The Bertz CT molecular complexity index is 1410. The van der Waals surface area contributed by atoms with Gasteiger partial charge in [-0.25, -0.2) is 18.1 Å². The normalized spacial score (nSPS) is 20.1. The molecule has 0 radical (unpaired) electrons. The number of benzene rings is 1. The summed E-state index contributed by atoms with van der Waals surface area (Å²) >= 11 is 0. The molecule has 2 aliphatic heterocycles. The Kier molecular flexibility index (Phi) is 6.55. The van der Waals surface area contributed by atoms with Crippen LogP contribution in [-0.4, -0.2) is 71.2 Å². The molecular formula is C26H30N4O5S. The van der Waals surface area contributed by atoms with E-state index in [0.717, 1.165) is 5.56 Å². The second-order valence-corrected chi connectivity index (χ2v) is 11.8. The van der Waals surface area contributed by atoms with E-state index in [1.165, 1.54) is 0 Å². The fourth-order valence-corrected chi connectivity index (χ4v) is 6.90. The van der Waals surface area contributed by atoms with Crippen molar-refractivity contribution in [3.63, 3.8) is 0 Å². The van der Waals surface area contributed by atoms with Crippen molar-refractivity contribution in [1.82, 2.24) is 19.7 Å². The van der Waals surface area contributed by atoms with Crippen LogP contribution in [0.2, 0.25) is 0 Å². The van der Waals surface area contributed by atoms with E-state index in [2.05, 4.69) is 5.10 Å². The Morgan fingerprint density at radius 3 is 2.47 bits per heavy atom. The number of esters is 1. The topological polar surface area (TPSA) is 111 Å². The minimum Gasteiger partial charge on any atom is -0.466 e. The minimum absolute atomic E-state index is 0.0190. The van der Waals surface area contributed by atoms with Gasteiger partial charge >= 0.3 is 5.97 Å². The molecule has 0 aliphatic carbocycles. The molecule has 0 bridgehead atoms. The summed E-state index contributed by atoms with van der Waals surface area (Å²) in [6.07, 6.45) is 1.59. The Morgan fingerprint density at radius 2 is 1.83 bits per heavy atom. The molecule has 2 saturated heterocycles. The van der Waals surface area contributed by atoms with Gasteiger partial charge in [0, 0.05) is 18.7 Å². The standard InChI is InChI=1S/C26H30N4O5S/c1-3-35-26(32)19-9-12-29(13-10-19)25(31)21-15-22(18-7-5-4-6-8-18)27-24-23(21)17(2)28-30(24)20-11-14-36(33,34)16-20/h4-8,15,19-20H,3,9-14,16H2,1-2H3. The van der Waals surface area contributed by atoms with Gasteiger partial charge in [-0.3, -0.25) is 9.59 Å². The van der Waals surface area contributed by atoms with Crippen molar-refractivity contribution < 1.29 is 22.7 Å². The van der Waals surface area contributed by atoms with Crippen LogP contribution >= 0.6 is 0 Å². The van der Waals surface area contributed by atoms with E-state index in [4.69, 9.17) is 9.72 Å². The molecule has 0 N–H and O–H groups in total. The van der Waals surface area contributed by atoms with Gasteiger partial charge in [0.15, 0.2) is 15.5 Å². The number of likely N-dealkylation sites (tertiary alicyclic amines) is 1. The molecule has 2 aliphatic rings. The van der Waals surface area contributed by atoms with E-state index in [-0.39, 0.29) is 35.3 Å². The number of ether oxygens (including phenoxy) is 1. The van der Waals surface area contributed by atoms with Gasteiger partial charge in [-0.1, -0.05) is 30.3 Å². The summed E-state index contributed by atoms with van der Waals surface area (Å²) in [6.45, 7) is 4.89. The van der Waals surface area contributed by atoms with Crippen LogP contribution in [0.3, 0.4) is 0 Å². The largest absolute Gasteiger partial charge is 0.466 e. The molecule has 190 valence electrons. The van der Waals surface area contributed by atoms with Crippen molar-refractivity contribution >= 4 is 32.7 Å². The zero-order chi connectivity index (χ0) is 25.4. The molecule has 5 rings (SSSR count). The molecule has 10 heteroatoms. The maximum Gasteiger partial charge on any atom is 0.309 e. The third-order valence-corrected chi connectivity index (χ3v) is 8.84. The van der Waals surface area contributed by atoms with Crippen molar-refractivity contribution in [1.29, 1.82) is 0 Å². The summed E-state index contributed by atoms with van der Waals surface area (Å²) in [4.78, 5) is 32.6. The van der Waals surface area contributed by atoms with Gasteiger partial charge in [0.25, 0.3) is 5.91 Å². The number of piperidine rings is 1. The molecule has 1 amide bonds. The first kappa shape index (κ1) is 24.4. The molecule has 4 heterocycles. The fourth-order valence-electron chi connectivity index (χ4n) is 5.21. The molecule has 2 aromatic heterocycles. The van der Waals surface area contributed by atoms with Gasteiger partial charge in [0.1, 0.15) is 0 Å². The molecule has 1 unspecified atom stereocenters. The number of hydrogen-bond donors (Lipinski definition) is 0. The highest BCUT2D eigenvalue weighted by Gasteiger charge is 2.34. The highest BCUT2D eigenvalue weighted by atomic mass is 32.2. The van der Waals surface area contributed by atoms with Crippen LogP contribution in [0.5, 0.6) is 0 Å². The van der Waals surface area contributed by atoms with Crippen LogP contribution < -0.4 is 0 Å². The summed E-state index contributed by atoms with van der Waals surface area (Å²) in [5.41, 5.74) is 3.17. The Balaban J connectivity index is 1.55. The number of pyridine rings is 1. The fraction of sp³-hybridized carbons (Fsp3) is 0.462. The third-order valence-electron chi connectivity index (χ3n) is 7.09. The number of aryl methyl sites for hydroxylation is 1. The molecule has 36 heavy (non-hydrogen) atoms. The summed E-state index contributed by atoms with van der Waals surface area (Å²) in [6, 6.07) is 11.1. The van der Waals surface area contributed by atoms with Crippen molar-refractivity contribution in [3.05, 3.63) is 47.7 Å². The van der Waals surface area contributed by atoms with E-state index in [1.54, 1.807) is 16.5 Å². The third kappa shape index (κ3) is 4.61. The molecule has 9 nitrogen and oxygen atoms in total. The van der Waals surface area contributed by atoms with Crippen LogP contribution in [0.4, 0.5) is 0 Å². The Labute approximate surface area is 210 Å². The number of sulfone groups is 1. The van der Waals surface area contributed by atoms with Crippen LogP contribution in [0, 0.1) is 12.8 Å². The second kappa shape index (κ2) is 9.65. The van der Waals surface area contributed by atoms with Crippen LogP contribution in [0.1, 0.15) is 48.3 Å². The number of rotatable bonds is 5. The van der Waals surface area contributed by atoms with Crippen LogP contribution in [0.25, 0.3) is 22.3 Å². The predicted molar refractivity (Wildman–Crippen MR) is 135 cm³/mol. The van der Waals surface area contributed by atoms with E-state index in [1.807, 2.05) is 43.3 Å². The number of nitrogens with zero attached hydrogens (tertiary/aromatic N) is 4. The van der Waals surface area contributed by atoms with Gasteiger partial charge in [-0.2, -0.15) is 5.10 Å². The first-order valence-corrected chi connectivity index (χ1v) is 14.2. The number of hydrogen-bond acceptors (Lipinski definition) is 7. The monoisotopic (exact) mass is 510 g/mol. The van der Waals surface area contributed by atoms with Crippen molar-refractivity contribution in [2.75, 3.05) is 31.2 Å². The second-order valence-electron chi connectivity index (χ2n) is 9.53. The van der Waals surface area contributed by atoms with Crippen LogP contribution in [0.15, 0.2) is 36.4 Å². The SMILES string of the molecule is CCOC(=O)C1CCN(C(=O)c2cc(-c3ccccc3)nc3c2c(C)nn3C2CCS(=O)(=O)C2)CC1. The van der Waals surface area contributed by atoms with Gasteiger partial charge in [-0.15, -0.1) is 0 Å². The van der Waals surface area contributed by atoms with Crippen molar-refractivity contribution in [2.24, 2.45) is 5.92 Å². The molecular weight excluding hydrogens is 480 g/mol. The zero-order valence-corrected chi connectivity index (χ0v) is 21.3. The summed E-state index contributed by atoms with van der Waals surface area (Å²) in [7, 11) is -3.13. The molecule has 0 saturated carbocycles. The summed E-state index contributed by atoms with van der Waals surface area (Å²) < 4.78 is 31.2. The highest BCUT2D eigenvalue weighted by Crippen LogP contribution is 2.33. The molecule has 1 aromatic carbocycles.